The lowest BCUT2D eigenvalue weighted by atomic mass is 9.77. The maximum Gasteiger partial charge on any atom is 0.206 e. The summed E-state index contributed by atoms with van der Waals surface area (Å²) < 4.78 is 37.6. The Kier molecular flexibility index (Phi) is 7.74. The SMILES string of the molecule is CCOc1ccc(S(=O)(=O)c2ccc(Oc3ccc(C(C)(C)c4ccc(CC)cc4)cc3C)cc2)cc1. The fourth-order valence-corrected chi connectivity index (χ4v) is 5.57. The van der Waals surface area contributed by atoms with Gasteiger partial charge >= 0.3 is 0 Å². The van der Waals surface area contributed by atoms with Crippen LogP contribution in [0.3, 0.4) is 0 Å². The minimum absolute atomic E-state index is 0.146. The van der Waals surface area contributed by atoms with Gasteiger partial charge in [-0.05, 0) is 97.1 Å². The van der Waals surface area contributed by atoms with Gasteiger partial charge in [-0.3, -0.25) is 0 Å². The molecule has 4 aromatic carbocycles. The molecule has 192 valence electrons. The maximum atomic E-state index is 13.0. The van der Waals surface area contributed by atoms with Crippen LogP contribution in [0.15, 0.2) is 101 Å². The summed E-state index contributed by atoms with van der Waals surface area (Å²) >= 11 is 0. The van der Waals surface area contributed by atoms with Gasteiger partial charge in [-0.2, -0.15) is 0 Å². The molecule has 0 spiro atoms. The molecule has 0 aliphatic rings. The van der Waals surface area contributed by atoms with Crippen LogP contribution in [-0.4, -0.2) is 15.0 Å². The summed E-state index contributed by atoms with van der Waals surface area (Å²) in [5.41, 5.74) is 4.67. The van der Waals surface area contributed by atoms with Gasteiger partial charge in [0.25, 0.3) is 0 Å². The highest BCUT2D eigenvalue weighted by Gasteiger charge is 2.24. The van der Waals surface area contributed by atoms with E-state index in [1.54, 1.807) is 48.5 Å². The fraction of sp³-hybridized carbons (Fsp3) is 0.250. The summed E-state index contributed by atoms with van der Waals surface area (Å²) in [4.78, 5) is 0.440. The number of sulfone groups is 1. The average molecular weight is 515 g/mol. The standard InChI is InChI=1S/C32H34O4S/c1-6-24-8-10-25(11-9-24)32(4,5)26-12-21-31(23(3)22-26)36-28-15-19-30(20-16-28)37(33,34)29-17-13-27(14-18-29)35-7-2/h8-22H,6-7H2,1-5H3. The van der Waals surface area contributed by atoms with E-state index in [4.69, 9.17) is 9.47 Å². The number of benzene rings is 4. The largest absolute Gasteiger partial charge is 0.494 e. The predicted octanol–water partition coefficient (Wildman–Crippen LogP) is 7.91. The van der Waals surface area contributed by atoms with Crippen LogP contribution in [0.1, 0.15) is 49.9 Å². The van der Waals surface area contributed by atoms with E-state index in [2.05, 4.69) is 57.2 Å². The van der Waals surface area contributed by atoms with Gasteiger partial charge in [0, 0.05) is 5.41 Å². The van der Waals surface area contributed by atoms with Crippen molar-refractivity contribution in [2.24, 2.45) is 0 Å². The van der Waals surface area contributed by atoms with E-state index in [9.17, 15) is 8.42 Å². The molecule has 0 N–H and O–H groups in total. The molecule has 4 rings (SSSR count). The first kappa shape index (κ1) is 26.5. The predicted molar refractivity (Wildman–Crippen MR) is 149 cm³/mol. The van der Waals surface area contributed by atoms with Crippen LogP contribution in [0.5, 0.6) is 17.2 Å². The van der Waals surface area contributed by atoms with Crippen molar-refractivity contribution in [2.45, 2.75) is 56.2 Å². The van der Waals surface area contributed by atoms with Crippen molar-refractivity contribution in [1.29, 1.82) is 0 Å². The minimum Gasteiger partial charge on any atom is -0.494 e. The van der Waals surface area contributed by atoms with Gasteiger partial charge in [0.15, 0.2) is 0 Å². The second-order valence-electron chi connectivity index (χ2n) is 9.64. The quantitative estimate of drug-likeness (QED) is 0.228. The Labute approximate surface area is 220 Å². The Hall–Kier alpha value is -3.57. The molecule has 0 radical (unpaired) electrons. The summed E-state index contributed by atoms with van der Waals surface area (Å²) in [6.07, 6.45) is 1.03. The third kappa shape index (κ3) is 5.72. The number of rotatable bonds is 9. The van der Waals surface area contributed by atoms with E-state index in [1.165, 1.54) is 16.7 Å². The second-order valence-corrected chi connectivity index (χ2v) is 11.6. The minimum atomic E-state index is -3.63. The van der Waals surface area contributed by atoms with Crippen molar-refractivity contribution < 1.29 is 17.9 Å². The van der Waals surface area contributed by atoms with Crippen molar-refractivity contribution in [3.8, 4) is 17.2 Å². The van der Waals surface area contributed by atoms with Gasteiger partial charge in [-0.15, -0.1) is 0 Å². The molecule has 4 aromatic rings. The molecule has 0 aromatic heterocycles. The summed E-state index contributed by atoms with van der Waals surface area (Å²) in [6.45, 7) is 11.1. The van der Waals surface area contributed by atoms with Crippen molar-refractivity contribution >= 4 is 9.84 Å². The summed E-state index contributed by atoms with van der Waals surface area (Å²) in [5.74, 6) is 1.96. The lowest BCUT2D eigenvalue weighted by molar-refractivity contribution is 0.340. The summed E-state index contributed by atoms with van der Waals surface area (Å²) in [7, 11) is -3.63. The Morgan fingerprint density at radius 3 is 1.76 bits per heavy atom. The third-order valence-corrected chi connectivity index (χ3v) is 8.57. The molecule has 37 heavy (non-hydrogen) atoms. The van der Waals surface area contributed by atoms with E-state index in [0.717, 1.165) is 17.7 Å². The molecule has 0 aliphatic heterocycles. The number of aryl methyl sites for hydroxylation is 2. The topological polar surface area (TPSA) is 52.6 Å². The molecule has 0 heterocycles. The van der Waals surface area contributed by atoms with Crippen LogP contribution in [-0.2, 0) is 21.7 Å². The van der Waals surface area contributed by atoms with Gasteiger partial charge in [0.2, 0.25) is 9.84 Å². The van der Waals surface area contributed by atoms with Crippen molar-refractivity contribution in [1.82, 2.24) is 0 Å². The van der Waals surface area contributed by atoms with E-state index in [0.29, 0.717) is 18.1 Å². The first-order chi connectivity index (χ1) is 17.6. The zero-order valence-corrected chi connectivity index (χ0v) is 22.9. The normalized spacial score (nSPS) is 11.8. The van der Waals surface area contributed by atoms with Gasteiger partial charge in [0.05, 0.1) is 16.4 Å². The molecule has 5 heteroatoms. The third-order valence-electron chi connectivity index (χ3n) is 6.79. The van der Waals surface area contributed by atoms with E-state index < -0.39 is 9.84 Å². The maximum absolute atomic E-state index is 13.0. The van der Waals surface area contributed by atoms with Gasteiger partial charge < -0.3 is 9.47 Å². The lowest BCUT2D eigenvalue weighted by Crippen LogP contribution is -2.19. The first-order valence-electron chi connectivity index (χ1n) is 12.6. The smallest absolute Gasteiger partial charge is 0.206 e. The number of hydrogen-bond acceptors (Lipinski definition) is 4. The van der Waals surface area contributed by atoms with Crippen molar-refractivity contribution in [3.63, 3.8) is 0 Å². The van der Waals surface area contributed by atoms with Crippen LogP contribution in [0, 0.1) is 6.92 Å². The lowest BCUT2D eigenvalue weighted by Gasteiger charge is -2.27. The van der Waals surface area contributed by atoms with Crippen molar-refractivity contribution in [2.75, 3.05) is 6.61 Å². The van der Waals surface area contributed by atoms with Gasteiger partial charge in [-0.1, -0.05) is 57.2 Å². The fourth-order valence-electron chi connectivity index (χ4n) is 4.31. The zero-order valence-electron chi connectivity index (χ0n) is 22.1. The highest BCUT2D eigenvalue weighted by atomic mass is 32.2. The van der Waals surface area contributed by atoms with Crippen LogP contribution >= 0.6 is 0 Å². The van der Waals surface area contributed by atoms with Crippen LogP contribution in [0.4, 0.5) is 0 Å². The molecule has 0 amide bonds. The van der Waals surface area contributed by atoms with E-state index >= 15 is 0 Å². The number of ether oxygens (including phenoxy) is 2. The molecule has 0 saturated carbocycles. The Bertz CT molecular complexity index is 1450. The molecular weight excluding hydrogens is 480 g/mol. The molecule has 0 fully saturated rings. The molecule has 0 aliphatic carbocycles. The Balaban J connectivity index is 1.50. The number of hydrogen-bond donors (Lipinski definition) is 0. The summed E-state index contributed by atoms with van der Waals surface area (Å²) in [5, 5.41) is 0. The molecule has 0 saturated heterocycles. The molecule has 0 unspecified atom stereocenters. The van der Waals surface area contributed by atoms with Crippen LogP contribution in [0.25, 0.3) is 0 Å². The average Bonchev–Trinajstić information content (AvgIpc) is 2.90. The van der Waals surface area contributed by atoms with Gasteiger partial charge in [0.1, 0.15) is 17.2 Å². The molecule has 4 nitrogen and oxygen atoms in total. The Morgan fingerprint density at radius 2 is 1.24 bits per heavy atom. The second kappa shape index (κ2) is 10.8. The monoisotopic (exact) mass is 514 g/mol. The van der Waals surface area contributed by atoms with Crippen LogP contribution < -0.4 is 9.47 Å². The Morgan fingerprint density at radius 1 is 0.703 bits per heavy atom. The highest BCUT2D eigenvalue weighted by Crippen LogP contribution is 2.35. The molecule has 0 bridgehead atoms. The van der Waals surface area contributed by atoms with Crippen molar-refractivity contribution in [3.05, 3.63) is 113 Å². The van der Waals surface area contributed by atoms with E-state index in [1.807, 2.05) is 19.9 Å². The van der Waals surface area contributed by atoms with Crippen LogP contribution in [0.2, 0.25) is 0 Å². The van der Waals surface area contributed by atoms with E-state index in [-0.39, 0.29) is 15.2 Å². The summed E-state index contributed by atoms with van der Waals surface area (Å²) in [6, 6.07) is 28.1. The highest BCUT2D eigenvalue weighted by molar-refractivity contribution is 7.91. The molecule has 0 atom stereocenters. The van der Waals surface area contributed by atoms with Gasteiger partial charge in [-0.25, -0.2) is 8.42 Å². The molecular formula is C32H34O4S. The first-order valence-corrected chi connectivity index (χ1v) is 14.1. The zero-order chi connectivity index (χ0) is 26.6.